The molecule has 3 aromatic carbocycles. The average molecular weight is 481 g/mol. The molecule has 0 saturated heterocycles. The lowest BCUT2D eigenvalue weighted by atomic mass is 10.1. The molecule has 0 bridgehead atoms. The highest BCUT2D eigenvalue weighted by Crippen LogP contribution is 2.18. The summed E-state index contributed by atoms with van der Waals surface area (Å²) in [5.41, 5.74) is 1.46. The van der Waals surface area contributed by atoms with E-state index in [-0.39, 0.29) is 33.7 Å². The molecule has 0 aliphatic rings. The van der Waals surface area contributed by atoms with Crippen LogP contribution in [-0.4, -0.2) is 39.1 Å². The Morgan fingerprint density at radius 3 is 2.29 bits per heavy atom. The highest BCUT2D eigenvalue weighted by Gasteiger charge is 2.18. The van der Waals surface area contributed by atoms with Crippen molar-refractivity contribution in [1.82, 2.24) is 5.32 Å². The lowest BCUT2D eigenvalue weighted by Crippen LogP contribution is -2.28. The molecule has 1 atom stereocenters. The number of rotatable bonds is 8. The van der Waals surface area contributed by atoms with Crippen LogP contribution < -0.4 is 10.6 Å². The van der Waals surface area contributed by atoms with Crippen LogP contribution in [0.1, 0.15) is 39.2 Å². The molecule has 8 nitrogen and oxygen atoms in total. The molecule has 0 unspecified atom stereocenters. The third-order valence-electron chi connectivity index (χ3n) is 4.93. The Morgan fingerprint density at radius 2 is 1.59 bits per heavy atom. The SMILES string of the molecule is C[C@H](NC(=O)c1ccccc1NC(=O)COC(=O)c1cccc(S(C)(=O)=O)c1)c1ccccc1. The van der Waals surface area contributed by atoms with Crippen molar-refractivity contribution in [2.45, 2.75) is 17.9 Å². The van der Waals surface area contributed by atoms with Crippen molar-refractivity contribution in [1.29, 1.82) is 0 Å². The van der Waals surface area contributed by atoms with E-state index < -0.39 is 28.3 Å². The fourth-order valence-corrected chi connectivity index (χ4v) is 3.81. The zero-order valence-corrected chi connectivity index (χ0v) is 19.5. The first kappa shape index (κ1) is 24.7. The second-order valence-corrected chi connectivity index (χ2v) is 9.59. The van der Waals surface area contributed by atoms with Crippen molar-refractivity contribution in [2.75, 3.05) is 18.2 Å². The molecule has 9 heteroatoms. The lowest BCUT2D eigenvalue weighted by Gasteiger charge is -2.16. The van der Waals surface area contributed by atoms with Gasteiger partial charge in [-0.3, -0.25) is 9.59 Å². The van der Waals surface area contributed by atoms with E-state index in [0.717, 1.165) is 11.8 Å². The first-order valence-electron chi connectivity index (χ1n) is 10.4. The number of carbonyl (C=O) groups excluding carboxylic acids is 3. The highest BCUT2D eigenvalue weighted by molar-refractivity contribution is 7.90. The number of esters is 1. The summed E-state index contributed by atoms with van der Waals surface area (Å²) in [6.45, 7) is 1.24. The zero-order chi connectivity index (χ0) is 24.7. The van der Waals surface area contributed by atoms with Crippen LogP contribution in [0, 0.1) is 0 Å². The normalized spacial score (nSPS) is 11.8. The topological polar surface area (TPSA) is 119 Å². The van der Waals surface area contributed by atoms with Crippen molar-refractivity contribution in [3.8, 4) is 0 Å². The fraction of sp³-hybridized carbons (Fsp3) is 0.160. The van der Waals surface area contributed by atoms with Gasteiger partial charge in [0, 0.05) is 6.26 Å². The van der Waals surface area contributed by atoms with Gasteiger partial charge in [-0.05, 0) is 42.8 Å². The minimum Gasteiger partial charge on any atom is -0.452 e. The Labute approximate surface area is 197 Å². The van der Waals surface area contributed by atoms with E-state index in [0.29, 0.717) is 0 Å². The summed E-state index contributed by atoms with van der Waals surface area (Å²) in [5, 5.41) is 5.46. The number of hydrogen-bond acceptors (Lipinski definition) is 6. The molecule has 0 fully saturated rings. The molecule has 2 amide bonds. The van der Waals surface area contributed by atoms with Gasteiger partial charge in [-0.25, -0.2) is 13.2 Å². The number of carbonyl (C=O) groups is 3. The van der Waals surface area contributed by atoms with E-state index in [2.05, 4.69) is 10.6 Å². The molecule has 0 aromatic heterocycles. The molecule has 0 aliphatic carbocycles. The Morgan fingerprint density at radius 1 is 0.912 bits per heavy atom. The van der Waals surface area contributed by atoms with Crippen LogP contribution >= 0.6 is 0 Å². The maximum Gasteiger partial charge on any atom is 0.338 e. The van der Waals surface area contributed by atoms with Crippen molar-refractivity contribution in [2.24, 2.45) is 0 Å². The van der Waals surface area contributed by atoms with Gasteiger partial charge in [-0.1, -0.05) is 48.5 Å². The molecular weight excluding hydrogens is 456 g/mol. The molecule has 3 aromatic rings. The van der Waals surface area contributed by atoms with Crippen LogP contribution in [0.3, 0.4) is 0 Å². The first-order valence-corrected chi connectivity index (χ1v) is 12.3. The van der Waals surface area contributed by atoms with Gasteiger partial charge in [0.25, 0.3) is 11.8 Å². The standard InChI is InChI=1S/C25H24N2O6S/c1-17(18-9-4-3-5-10-18)26-24(29)21-13-6-7-14-22(21)27-23(28)16-33-25(30)19-11-8-12-20(15-19)34(2,31)32/h3-15,17H,16H2,1-2H3,(H,26,29)(H,27,28)/t17-/m0/s1. The van der Waals surface area contributed by atoms with Gasteiger partial charge in [0.1, 0.15) is 0 Å². The molecular formula is C25H24N2O6S. The van der Waals surface area contributed by atoms with Crippen LogP contribution in [-0.2, 0) is 19.4 Å². The summed E-state index contributed by atoms with van der Waals surface area (Å²) in [4.78, 5) is 37.4. The van der Waals surface area contributed by atoms with E-state index in [1.807, 2.05) is 37.3 Å². The van der Waals surface area contributed by atoms with Crippen molar-refractivity contribution >= 4 is 33.3 Å². The summed E-state index contributed by atoms with van der Waals surface area (Å²) in [5.74, 6) is -1.87. The molecule has 0 aliphatic heterocycles. The van der Waals surface area contributed by atoms with Gasteiger partial charge in [0.05, 0.1) is 27.8 Å². The highest BCUT2D eigenvalue weighted by atomic mass is 32.2. The second kappa shape index (κ2) is 10.8. The van der Waals surface area contributed by atoms with Crippen LogP contribution in [0.5, 0.6) is 0 Å². The van der Waals surface area contributed by atoms with E-state index >= 15 is 0 Å². The number of nitrogens with one attached hydrogen (secondary N) is 2. The monoisotopic (exact) mass is 480 g/mol. The number of sulfone groups is 1. The number of amides is 2. The van der Waals surface area contributed by atoms with Gasteiger partial charge < -0.3 is 15.4 Å². The number of hydrogen-bond donors (Lipinski definition) is 2. The maximum absolute atomic E-state index is 12.8. The summed E-state index contributed by atoms with van der Waals surface area (Å²) < 4.78 is 28.3. The Kier molecular flexibility index (Phi) is 7.80. The average Bonchev–Trinajstić information content (AvgIpc) is 2.83. The third kappa shape index (κ3) is 6.52. The zero-order valence-electron chi connectivity index (χ0n) is 18.6. The summed E-state index contributed by atoms with van der Waals surface area (Å²) in [6.07, 6.45) is 1.03. The van der Waals surface area contributed by atoms with E-state index in [1.54, 1.807) is 24.3 Å². The van der Waals surface area contributed by atoms with Gasteiger partial charge in [0.15, 0.2) is 16.4 Å². The molecule has 2 N–H and O–H groups in total. The van der Waals surface area contributed by atoms with Crippen molar-refractivity contribution in [3.63, 3.8) is 0 Å². The molecule has 0 spiro atoms. The van der Waals surface area contributed by atoms with Crippen LogP contribution in [0.25, 0.3) is 0 Å². The van der Waals surface area contributed by atoms with Crippen LogP contribution in [0.4, 0.5) is 5.69 Å². The minimum absolute atomic E-state index is 0.00500. The predicted molar refractivity (Wildman–Crippen MR) is 127 cm³/mol. The molecule has 176 valence electrons. The Bertz CT molecular complexity index is 1310. The van der Waals surface area contributed by atoms with Gasteiger partial charge in [-0.15, -0.1) is 0 Å². The predicted octanol–water partition coefficient (Wildman–Crippen LogP) is 3.38. The minimum atomic E-state index is -3.50. The lowest BCUT2D eigenvalue weighted by molar-refractivity contribution is -0.119. The quantitative estimate of drug-likeness (QED) is 0.477. The summed E-state index contributed by atoms with van der Waals surface area (Å²) >= 11 is 0. The molecule has 34 heavy (non-hydrogen) atoms. The molecule has 3 rings (SSSR count). The summed E-state index contributed by atoms with van der Waals surface area (Å²) in [7, 11) is -3.50. The first-order chi connectivity index (χ1) is 16.1. The number of ether oxygens (including phenoxy) is 1. The molecule has 0 radical (unpaired) electrons. The van der Waals surface area contributed by atoms with Gasteiger partial charge >= 0.3 is 5.97 Å². The number of para-hydroxylation sites is 1. The molecule has 0 saturated carbocycles. The summed E-state index contributed by atoms with van der Waals surface area (Å²) in [6, 6.07) is 21.0. The van der Waals surface area contributed by atoms with E-state index in [9.17, 15) is 22.8 Å². The van der Waals surface area contributed by atoms with E-state index in [4.69, 9.17) is 4.74 Å². The van der Waals surface area contributed by atoms with Crippen molar-refractivity contribution < 1.29 is 27.5 Å². The Hall–Kier alpha value is -3.98. The van der Waals surface area contributed by atoms with Crippen LogP contribution in [0.15, 0.2) is 83.8 Å². The van der Waals surface area contributed by atoms with E-state index in [1.165, 1.54) is 24.3 Å². The number of anilines is 1. The second-order valence-electron chi connectivity index (χ2n) is 7.58. The largest absolute Gasteiger partial charge is 0.452 e. The molecule has 0 heterocycles. The maximum atomic E-state index is 12.8. The number of benzene rings is 3. The fourth-order valence-electron chi connectivity index (χ4n) is 3.14. The van der Waals surface area contributed by atoms with Crippen molar-refractivity contribution in [3.05, 3.63) is 95.6 Å². The smallest absolute Gasteiger partial charge is 0.338 e. The third-order valence-corrected chi connectivity index (χ3v) is 6.04. The van der Waals surface area contributed by atoms with Crippen LogP contribution in [0.2, 0.25) is 0 Å². The van der Waals surface area contributed by atoms with Gasteiger partial charge in [-0.2, -0.15) is 0 Å². The Balaban J connectivity index is 1.62. The van der Waals surface area contributed by atoms with Gasteiger partial charge in [0.2, 0.25) is 0 Å².